The Morgan fingerprint density at radius 2 is 1.81 bits per heavy atom. The number of halogens is 2. The molecule has 0 fully saturated rings. The van der Waals surface area contributed by atoms with Crippen molar-refractivity contribution in [2.24, 2.45) is 5.73 Å². The molecular formula is C16H15BrFNO2. The Morgan fingerprint density at radius 1 is 1.05 bits per heavy atom. The molecule has 2 aromatic carbocycles. The zero-order valence-electron chi connectivity index (χ0n) is 11.3. The standard InChI is InChI=1S/C16H15BrFNO2/c17-11-3-4-13(18)12(9-11)16(19)10-2-5-14-15(8-10)21-7-1-6-20-14/h2-5,8-9,16H,1,6-7,19H2. The molecule has 1 heterocycles. The summed E-state index contributed by atoms with van der Waals surface area (Å²) in [7, 11) is 0. The third-order valence-electron chi connectivity index (χ3n) is 3.42. The quantitative estimate of drug-likeness (QED) is 0.894. The molecule has 1 aliphatic rings. The minimum atomic E-state index is -0.556. The molecule has 0 amide bonds. The molecule has 5 heteroatoms. The summed E-state index contributed by atoms with van der Waals surface area (Å²) in [5, 5.41) is 0. The summed E-state index contributed by atoms with van der Waals surface area (Å²) in [6.45, 7) is 1.25. The Hall–Kier alpha value is -1.59. The van der Waals surface area contributed by atoms with Gasteiger partial charge in [-0.3, -0.25) is 0 Å². The molecule has 0 saturated heterocycles. The van der Waals surface area contributed by atoms with Gasteiger partial charge in [-0.25, -0.2) is 4.39 Å². The Kier molecular flexibility index (Phi) is 4.12. The van der Waals surface area contributed by atoms with Crippen LogP contribution < -0.4 is 15.2 Å². The number of rotatable bonds is 2. The van der Waals surface area contributed by atoms with Crippen molar-refractivity contribution in [2.45, 2.75) is 12.5 Å². The summed E-state index contributed by atoms with van der Waals surface area (Å²) in [6, 6.07) is 9.69. The number of benzene rings is 2. The number of nitrogens with two attached hydrogens (primary N) is 1. The van der Waals surface area contributed by atoms with E-state index < -0.39 is 6.04 Å². The molecule has 1 aliphatic heterocycles. The summed E-state index contributed by atoms with van der Waals surface area (Å²) >= 11 is 3.34. The number of fused-ring (bicyclic) bond motifs is 1. The topological polar surface area (TPSA) is 44.5 Å². The van der Waals surface area contributed by atoms with E-state index in [1.165, 1.54) is 6.07 Å². The monoisotopic (exact) mass is 351 g/mol. The zero-order chi connectivity index (χ0) is 14.8. The largest absolute Gasteiger partial charge is 0.490 e. The molecule has 1 unspecified atom stereocenters. The second-order valence-electron chi connectivity index (χ2n) is 4.90. The average Bonchev–Trinajstić information content (AvgIpc) is 2.73. The molecule has 0 bridgehead atoms. The van der Waals surface area contributed by atoms with E-state index in [1.54, 1.807) is 12.1 Å². The SMILES string of the molecule is NC(c1ccc2c(c1)OCCCO2)c1cc(Br)ccc1F. The highest BCUT2D eigenvalue weighted by atomic mass is 79.9. The summed E-state index contributed by atoms with van der Waals surface area (Å²) in [4.78, 5) is 0. The molecule has 3 rings (SSSR count). The minimum absolute atomic E-state index is 0.321. The summed E-state index contributed by atoms with van der Waals surface area (Å²) in [5.41, 5.74) is 7.43. The van der Waals surface area contributed by atoms with Crippen LogP contribution in [0.1, 0.15) is 23.6 Å². The summed E-state index contributed by atoms with van der Waals surface area (Å²) < 4.78 is 26.0. The molecule has 2 aromatic rings. The Bertz CT molecular complexity index is 663. The minimum Gasteiger partial charge on any atom is -0.490 e. The van der Waals surface area contributed by atoms with Crippen molar-refractivity contribution < 1.29 is 13.9 Å². The lowest BCUT2D eigenvalue weighted by atomic mass is 9.99. The van der Waals surface area contributed by atoms with Crippen molar-refractivity contribution in [3.63, 3.8) is 0 Å². The van der Waals surface area contributed by atoms with Gasteiger partial charge >= 0.3 is 0 Å². The molecule has 110 valence electrons. The third-order valence-corrected chi connectivity index (χ3v) is 3.92. The summed E-state index contributed by atoms with van der Waals surface area (Å²) in [6.07, 6.45) is 0.844. The lowest BCUT2D eigenvalue weighted by Crippen LogP contribution is -2.14. The number of hydrogen-bond donors (Lipinski definition) is 1. The maximum absolute atomic E-state index is 14.0. The van der Waals surface area contributed by atoms with Gasteiger partial charge in [0, 0.05) is 16.5 Å². The Morgan fingerprint density at radius 3 is 2.62 bits per heavy atom. The highest BCUT2D eigenvalue weighted by Gasteiger charge is 2.17. The maximum Gasteiger partial charge on any atom is 0.161 e. The van der Waals surface area contributed by atoms with Crippen molar-refractivity contribution in [2.75, 3.05) is 13.2 Å². The summed E-state index contributed by atoms with van der Waals surface area (Å²) in [5.74, 6) is 1.05. The maximum atomic E-state index is 14.0. The van der Waals surface area contributed by atoms with Crippen LogP contribution in [0.4, 0.5) is 4.39 Å². The first-order valence-electron chi connectivity index (χ1n) is 6.75. The van der Waals surface area contributed by atoms with Gasteiger partial charge in [-0.15, -0.1) is 0 Å². The number of ether oxygens (including phenoxy) is 2. The Labute approximate surface area is 131 Å². The van der Waals surface area contributed by atoms with Crippen LogP contribution in [0.2, 0.25) is 0 Å². The molecule has 0 spiro atoms. The second-order valence-corrected chi connectivity index (χ2v) is 5.82. The first-order chi connectivity index (χ1) is 10.1. The van der Waals surface area contributed by atoms with Crippen molar-refractivity contribution in [3.05, 3.63) is 57.8 Å². The van der Waals surface area contributed by atoms with Crippen molar-refractivity contribution in [1.29, 1.82) is 0 Å². The first kappa shape index (κ1) is 14.4. The molecule has 0 aliphatic carbocycles. The van der Waals surface area contributed by atoms with Crippen molar-refractivity contribution >= 4 is 15.9 Å². The van der Waals surface area contributed by atoms with Gasteiger partial charge in [0.05, 0.1) is 19.3 Å². The van der Waals surface area contributed by atoms with Gasteiger partial charge in [0.25, 0.3) is 0 Å². The van der Waals surface area contributed by atoms with E-state index >= 15 is 0 Å². The lowest BCUT2D eigenvalue weighted by Gasteiger charge is -2.16. The molecule has 0 radical (unpaired) electrons. The number of hydrogen-bond acceptors (Lipinski definition) is 3. The van der Waals surface area contributed by atoms with Gasteiger partial charge in [0.15, 0.2) is 11.5 Å². The van der Waals surface area contributed by atoms with Crippen LogP contribution in [0, 0.1) is 5.82 Å². The average molecular weight is 352 g/mol. The van der Waals surface area contributed by atoms with Gasteiger partial charge in [-0.05, 0) is 35.9 Å². The van der Waals surface area contributed by atoms with Crippen LogP contribution in [0.3, 0.4) is 0 Å². The van der Waals surface area contributed by atoms with Gasteiger partial charge in [-0.2, -0.15) is 0 Å². The van der Waals surface area contributed by atoms with Crippen LogP contribution in [0.15, 0.2) is 40.9 Å². The molecule has 2 N–H and O–H groups in total. The van der Waals surface area contributed by atoms with Crippen LogP contribution in [0.5, 0.6) is 11.5 Å². The third kappa shape index (κ3) is 3.04. The van der Waals surface area contributed by atoms with Crippen LogP contribution in [0.25, 0.3) is 0 Å². The zero-order valence-corrected chi connectivity index (χ0v) is 12.9. The van der Waals surface area contributed by atoms with Crippen LogP contribution in [-0.2, 0) is 0 Å². The van der Waals surface area contributed by atoms with Gasteiger partial charge < -0.3 is 15.2 Å². The van der Waals surface area contributed by atoms with Gasteiger partial charge in [-0.1, -0.05) is 22.0 Å². The smallest absolute Gasteiger partial charge is 0.161 e. The fourth-order valence-corrected chi connectivity index (χ4v) is 2.68. The molecule has 0 saturated carbocycles. The van der Waals surface area contributed by atoms with Crippen LogP contribution >= 0.6 is 15.9 Å². The van der Waals surface area contributed by atoms with Crippen molar-refractivity contribution in [3.8, 4) is 11.5 Å². The van der Waals surface area contributed by atoms with Gasteiger partial charge in [0.2, 0.25) is 0 Å². The Balaban J connectivity index is 1.96. The van der Waals surface area contributed by atoms with E-state index in [-0.39, 0.29) is 5.82 Å². The molecule has 0 aromatic heterocycles. The second kappa shape index (κ2) is 6.03. The fourth-order valence-electron chi connectivity index (χ4n) is 2.31. The van der Waals surface area contributed by atoms with E-state index in [9.17, 15) is 4.39 Å². The van der Waals surface area contributed by atoms with Crippen LogP contribution in [-0.4, -0.2) is 13.2 Å². The van der Waals surface area contributed by atoms with Crippen molar-refractivity contribution in [1.82, 2.24) is 0 Å². The molecule has 21 heavy (non-hydrogen) atoms. The molecule has 3 nitrogen and oxygen atoms in total. The van der Waals surface area contributed by atoms with E-state index in [4.69, 9.17) is 15.2 Å². The highest BCUT2D eigenvalue weighted by molar-refractivity contribution is 9.10. The highest BCUT2D eigenvalue weighted by Crippen LogP contribution is 2.34. The van der Waals surface area contributed by atoms with E-state index in [0.29, 0.717) is 30.3 Å². The predicted molar refractivity (Wildman–Crippen MR) is 82.2 cm³/mol. The first-order valence-corrected chi connectivity index (χ1v) is 7.54. The predicted octanol–water partition coefficient (Wildman–Crippen LogP) is 3.80. The fraction of sp³-hybridized carbons (Fsp3) is 0.250. The van der Waals surface area contributed by atoms with E-state index in [0.717, 1.165) is 16.5 Å². The normalized spacial score (nSPS) is 15.4. The molecule has 1 atom stereocenters. The lowest BCUT2D eigenvalue weighted by molar-refractivity contribution is 0.297. The molecular weight excluding hydrogens is 337 g/mol. The van der Waals surface area contributed by atoms with Gasteiger partial charge in [0.1, 0.15) is 5.82 Å². The van der Waals surface area contributed by atoms with E-state index in [2.05, 4.69) is 15.9 Å². The van der Waals surface area contributed by atoms with E-state index in [1.807, 2.05) is 18.2 Å².